The summed E-state index contributed by atoms with van der Waals surface area (Å²) in [7, 11) is 1.62. The molecule has 0 unspecified atom stereocenters. The molecule has 1 amide bonds. The first kappa shape index (κ1) is 21.1. The molecule has 2 N–H and O–H groups in total. The Hall–Kier alpha value is -4.12. The van der Waals surface area contributed by atoms with Crippen molar-refractivity contribution in [1.29, 1.82) is 0 Å². The lowest BCUT2D eigenvalue weighted by atomic mass is 9.95. The van der Waals surface area contributed by atoms with E-state index in [0.717, 1.165) is 39.0 Å². The Labute approximate surface area is 187 Å². The number of para-hydroxylation sites is 1. The predicted molar refractivity (Wildman–Crippen MR) is 127 cm³/mol. The minimum absolute atomic E-state index is 0.355. The number of primary amides is 1. The number of benzene rings is 3. The summed E-state index contributed by atoms with van der Waals surface area (Å²) in [6.45, 7) is 2.24. The zero-order valence-corrected chi connectivity index (χ0v) is 18.0. The largest absolute Gasteiger partial charge is 0.497 e. The number of carbonyl (C=O) groups is 1. The average Bonchev–Trinajstić information content (AvgIpc) is 2.83. The van der Waals surface area contributed by atoms with E-state index in [1.807, 2.05) is 91.9 Å². The molecule has 0 saturated heterocycles. The normalized spacial score (nSPS) is 11.7. The lowest BCUT2D eigenvalue weighted by Gasteiger charge is -2.12. The van der Waals surface area contributed by atoms with Crippen molar-refractivity contribution in [1.82, 2.24) is 4.98 Å². The molecule has 0 aliphatic rings. The molecule has 3 aromatic carbocycles. The van der Waals surface area contributed by atoms with Gasteiger partial charge in [0.1, 0.15) is 18.1 Å². The molecule has 0 radical (unpaired) electrons. The molecule has 4 aromatic rings. The van der Waals surface area contributed by atoms with Gasteiger partial charge in [0.15, 0.2) is 0 Å². The molecule has 5 nitrogen and oxygen atoms in total. The summed E-state index contributed by atoms with van der Waals surface area (Å²) in [4.78, 5) is 16.9. The zero-order chi connectivity index (χ0) is 22.5. The van der Waals surface area contributed by atoms with Crippen LogP contribution in [0.25, 0.3) is 22.0 Å². The van der Waals surface area contributed by atoms with E-state index >= 15 is 0 Å². The Balaban J connectivity index is 1.53. The molecule has 32 heavy (non-hydrogen) atoms. The maximum Gasteiger partial charge on any atom is 0.249 e. The molecule has 0 fully saturated rings. The van der Waals surface area contributed by atoms with Crippen LogP contribution >= 0.6 is 0 Å². The van der Waals surface area contributed by atoms with Crippen LogP contribution in [-0.2, 0) is 11.4 Å². The van der Waals surface area contributed by atoms with E-state index in [9.17, 15) is 4.79 Å². The van der Waals surface area contributed by atoms with Gasteiger partial charge in [0.25, 0.3) is 0 Å². The highest BCUT2D eigenvalue weighted by Crippen LogP contribution is 2.28. The van der Waals surface area contributed by atoms with Crippen molar-refractivity contribution in [3.05, 3.63) is 102 Å². The number of nitrogens with zero attached hydrogens (tertiary/aromatic N) is 1. The summed E-state index contributed by atoms with van der Waals surface area (Å²) >= 11 is 0. The number of pyridine rings is 1. The summed E-state index contributed by atoms with van der Waals surface area (Å²) in [6.07, 6.45) is 0. The van der Waals surface area contributed by atoms with Crippen molar-refractivity contribution < 1.29 is 14.3 Å². The summed E-state index contributed by atoms with van der Waals surface area (Å²) in [5.74, 6) is 0.964. The van der Waals surface area contributed by atoms with E-state index in [-0.39, 0.29) is 0 Å². The van der Waals surface area contributed by atoms with E-state index in [1.54, 1.807) is 7.11 Å². The third-order valence-corrected chi connectivity index (χ3v) is 5.33. The molecule has 0 aliphatic carbocycles. The molecule has 1 aromatic heterocycles. The second-order valence-electron chi connectivity index (χ2n) is 7.40. The topological polar surface area (TPSA) is 74.4 Å². The zero-order valence-electron chi connectivity index (χ0n) is 18.0. The number of allylic oxidation sites excluding steroid dienone is 1. The highest BCUT2D eigenvalue weighted by Gasteiger charge is 2.14. The number of amides is 1. The Bertz CT molecular complexity index is 1280. The van der Waals surface area contributed by atoms with Crippen molar-refractivity contribution in [3.8, 4) is 11.5 Å². The Morgan fingerprint density at radius 2 is 1.50 bits per heavy atom. The van der Waals surface area contributed by atoms with Crippen LogP contribution in [0.4, 0.5) is 0 Å². The van der Waals surface area contributed by atoms with E-state index in [0.29, 0.717) is 17.9 Å². The third-order valence-electron chi connectivity index (χ3n) is 5.33. The lowest BCUT2D eigenvalue weighted by molar-refractivity contribution is -0.112. The van der Waals surface area contributed by atoms with Crippen LogP contribution in [-0.4, -0.2) is 18.0 Å². The predicted octanol–water partition coefficient (Wildman–Crippen LogP) is 5.24. The summed E-state index contributed by atoms with van der Waals surface area (Å²) < 4.78 is 11.1. The van der Waals surface area contributed by atoms with Crippen LogP contribution in [0.3, 0.4) is 0 Å². The van der Waals surface area contributed by atoms with E-state index in [2.05, 4.69) is 4.98 Å². The van der Waals surface area contributed by atoms with Gasteiger partial charge in [-0.1, -0.05) is 48.5 Å². The Kier molecular flexibility index (Phi) is 6.17. The summed E-state index contributed by atoms with van der Waals surface area (Å²) in [5.41, 5.74) is 10.4. The number of carbonyl (C=O) groups excluding carboxylic acids is 1. The molecule has 4 rings (SSSR count). The molecule has 0 aliphatic heterocycles. The number of aromatic nitrogens is 1. The molecule has 1 heterocycles. The number of methoxy groups -OCH3 is 1. The summed E-state index contributed by atoms with van der Waals surface area (Å²) in [5, 5.41) is 1.10. The molecule has 0 spiro atoms. The van der Waals surface area contributed by atoms with Crippen LogP contribution in [0.2, 0.25) is 0 Å². The smallest absolute Gasteiger partial charge is 0.249 e. The first-order valence-corrected chi connectivity index (χ1v) is 10.3. The van der Waals surface area contributed by atoms with Gasteiger partial charge in [-0.25, -0.2) is 4.98 Å². The number of ether oxygens (including phenoxy) is 2. The molecule has 5 heteroatoms. The maximum absolute atomic E-state index is 12.2. The lowest BCUT2D eigenvalue weighted by Crippen LogP contribution is -2.14. The number of rotatable bonds is 7. The highest BCUT2D eigenvalue weighted by atomic mass is 16.5. The Morgan fingerprint density at radius 3 is 2.19 bits per heavy atom. The maximum atomic E-state index is 12.2. The number of hydrogen-bond donors (Lipinski definition) is 1. The van der Waals surface area contributed by atoms with Crippen molar-refractivity contribution in [3.63, 3.8) is 0 Å². The first-order chi connectivity index (χ1) is 15.5. The van der Waals surface area contributed by atoms with E-state index < -0.39 is 5.91 Å². The monoisotopic (exact) mass is 424 g/mol. The fourth-order valence-corrected chi connectivity index (χ4v) is 3.59. The third kappa shape index (κ3) is 4.62. The molecular weight excluding hydrogens is 400 g/mol. The van der Waals surface area contributed by atoms with Crippen LogP contribution in [0.1, 0.15) is 23.7 Å². The van der Waals surface area contributed by atoms with Gasteiger partial charge >= 0.3 is 0 Å². The van der Waals surface area contributed by atoms with Crippen molar-refractivity contribution >= 4 is 28.0 Å². The number of fused-ring (bicyclic) bond motifs is 1. The SMILES string of the molecule is COc1ccc(C(C)=C(C(N)=O)c2ccc(OCc3ccc4ccccc4n3)cc2)cc1. The minimum Gasteiger partial charge on any atom is -0.497 e. The van der Waals surface area contributed by atoms with Crippen LogP contribution in [0.15, 0.2) is 84.9 Å². The average molecular weight is 425 g/mol. The molecule has 0 saturated carbocycles. The van der Waals surface area contributed by atoms with Crippen LogP contribution < -0.4 is 15.2 Å². The van der Waals surface area contributed by atoms with Gasteiger partial charge in [-0.2, -0.15) is 0 Å². The van der Waals surface area contributed by atoms with Crippen molar-refractivity contribution in [2.75, 3.05) is 7.11 Å². The Morgan fingerprint density at radius 1 is 0.844 bits per heavy atom. The molecule has 160 valence electrons. The van der Waals surface area contributed by atoms with Gasteiger partial charge in [0, 0.05) is 11.0 Å². The van der Waals surface area contributed by atoms with Gasteiger partial charge in [0.2, 0.25) is 5.91 Å². The first-order valence-electron chi connectivity index (χ1n) is 10.3. The number of hydrogen-bond acceptors (Lipinski definition) is 4. The fourth-order valence-electron chi connectivity index (χ4n) is 3.59. The van der Waals surface area contributed by atoms with Crippen LogP contribution in [0, 0.1) is 0 Å². The second kappa shape index (κ2) is 9.35. The van der Waals surface area contributed by atoms with Gasteiger partial charge in [-0.05, 0) is 60.0 Å². The highest BCUT2D eigenvalue weighted by molar-refractivity contribution is 6.26. The molecule has 0 bridgehead atoms. The quantitative estimate of drug-likeness (QED) is 0.325. The van der Waals surface area contributed by atoms with Gasteiger partial charge < -0.3 is 15.2 Å². The van der Waals surface area contributed by atoms with Crippen molar-refractivity contribution in [2.45, 2.75) is 13.5 Å². The van der Waals surface area contributed by atoms with Crippen molar-refractivity contribution in [2.24, 2.45) is 5.73 Å². The second-order valence-corrected chi connectivity index (χ2v) is 7.40. The van der Waals surface area contributed by atoms with Gasteiger partial charge in [-0.15, -0.1) is 0 Å². The molecular formula is C27H24N2O3. The number of nitrogens with two attached hydrogens (primary N) is 1. The van der Waals surface area contributed by atoms with E-state index in [1.165, 1.54) is 0 Å². The van der Waals surface area contributed by atoms with Gasteiger partial charge in [-0.3, -0.25) is 4.79 Å². The van der Waals surface area contributed by atoms with E-state index in [4.69, 9.17) is 15.2 Å². The standard InChI is InChI=1S/C27H24N2O3/c1-18(19-8-13-23(31-2)14-9-19)26(27(28)30)21-10-15-24(16-11-21)32-17-22-12-7-20-5-3-4-6-25(20)29-22/h3-16H,17H2,1-2H3,(H2,28,30). The van der Waals surface area contributed by atoms with Gasteiger partial charge in [0.05, 0.1) is 18.3 Å². The minimum atomic E-state index is -0.479. The summed E-state index contributed by atoms with van der Waals surface area (Å²) in [6, 6.07) is 26.9. The fraction of sp³-hybridized carbons (Fsp3) is 0.111. The van der Waals surface area contributed by atoms with Crippen LogP contribution in [0.5, 0.6) is 11.5 Å². The molecule has 0 atom stereocenters.